The van der Waals surface area contributed by atoms with Crippen molar-refractivity contribution in [3.8, 4) is 11.1 Å². The highest BCUT2D eigenvalue weighted by Crippen LogP contribution is 2.28. The van der Waals surface area contributed by atoms with Gasteiger partial charge in [0.1, 0.15) is 5.82 Å². The molecule has 0 atom stereocenters. The number of aromatic nitrogens is 3. The predicted molar refractivity (Wildman–Crippen MR) is 84.1 cm³/mol. The van der Waals surface area contributed by atoms with E-state index in [9.17, 15) is 14.3 Å². The van der Waals surface area contributed by atoms with E-state index in [0.29, 0.717) is 28.9 Å². The number of nitrogens with zero attached hydrogens (tertiary/aromatic N) is 3. The third-order valence-electron chi connectivity index (χ3n) is 3.68. The zero-order chi connectivity index (χ0) is 16.6. The van der Waals surface area contributed by atoms with Crippen molar-refractivity contribution in [2.45, 2.75) is 26.7 Å². The molecule has 2 aromatic heterocycles. The molecule has 6 heteroatoms. The first-order valence-corrected chi connectivity index (χ1v) is 7.39. The summed E-state index contributed by atoms with van der Waals surface area (Å²) in [5.41, 5.74) is 3.17. The van der Waals surface area contributed by atoms with E-state index in [1.165, 1.54) is 12.1 Å². The molecule has 0 aliphatic heterocycles. The first-order chi connectivity index (χ1) is 11.0. The molecule has 1 N–H and O–H groups in total. The number of fused-ring (bicyclic) bond motifs is 1. The van der Waals surface area contributed by atoms with Crippen LogP contribution in [0.2, 0.25) is 0 Å². The molecule has 0 spiro atoms. The number of hydrogen-bond acceptors (Lipinski definition) is 3. The van der Waals surface area contributed by atoms with Crippen LogP contribution < -0.4 is 0 Å². The summed E-state index contributed by atoms with van der Waals surface area (Å²) in [6, 6.07) is 7.69. The van der Waals surface area contributed by atoms with Gasteiger partial charge in [-0.2, -0.15) is 5.10 Å². The van der Waals surface area contributed by atoms with E-state index in [4.69, 9.17) is 0 Å². The number of rotatable bonds is 4. The van der Waals surface area contributed by atoms with Gasteiger partial charge in [0, 0.05) is 11.3 Å². The third-order valence-corrected chi connectivity index (χ3v) is 3.68. The molecule has 0 aliphatic carbocycles. The molecule has 1 aromatic carbocycles. The number of aromatic carboxylic acids is 1. The summed E-state index contributed by atoms with van der Waals surface area (Å²) in [5, 5.41) is 13.8. The Morgan fingerprint density at radius 2 is 2.13 bits per heavy atom. The summed E-state index contributed by atoms with van der Waals surface area (Å²) in [7, 11) is 0. The lowest BCUT2D eigenvalue weighted by Crippen LogP contribution is -2.07. The van der Waals surface area contributed by atoms with Crippen molar-refractivity contribution in [2.75, 3.05) is 0 Å². The van der Waals surface area contributed by atoms with Crippen LogP contribution in [0.3, 0.4) is 0 Å². The molecule has 0 unspecified atom stereocenters. The molecular weight excluding hydrogens is 297 g/mol. The van der Waals surface area contributed by atoms with Gasteiger partial charge in [-0.25, -0.2) is 18.7 Å². The van der Waals surface area contributed by atoms with E-state index in [0.717, 1.165) is 12.1 Å². The lowest BCUT2D eigenvalue weighted by Gasteiger charge is -2.06. The number of benzene rings is 1. The predicted octanol–water partition coefficient (Wildman–Crippen LogP) is 3.49. The van der Waals surface area contributed by atoms with Crippen LogP contribution in [-0.2, 0) is 6.42 Å². The normalized spacial score (nSPS) is 11.1. The van der Waals surface area contributed by atoms with Crippen LogP contribution in [0.1, 0.15) is 35.2 Å². The van der Waals surface area contributed by atoms with Gasteiger partial charge in [-0.05, 0) is 37.1 Å². The SMILES string of the molecule is CCCc1cc(C(=O)O)nc2c(-c3cccc(F)c3)c(C)nn12. The second kappa shape index (κ2) is 5.79. The van der Waals surface area contributed by atoms with Crippen LogP contribution in [0.15, 0.2) is 30.3 Å². The quantitative estimate of drug-likeness (QED) is 0.800. The van der Waals surface area contributed by atoms with E-state index < -0.39 is 5.97 Å². The molecule has 0 amide bonds. The lowest BCUT2D eigenvalue weighted by atomic mass is 10.1. The zero-order valence-corrected chi connectivity index (χ0v) is 12.9. The fraction of sp³-hybridized carbons (Fsp3) is 0.235. The minimum Gasteiger partial charge on any atom is -0.477 e. The summed E-state index contributed by atoms with van der Waals surface area (Å²) in [6.45, 7) is 3.82. The van der Waals surface area contributed by atoms with Crippen LogP contribution in [0.4, 0.5) is 4.39 Å². The van der Waals surface area contributed by atoms with Crippen molar-refractivity contribution in [3.05, 3.63) is 53.2 Å². The number of hydrogen-bond donors (Lipinski definition) is 1. The van der Waals surface area contributed by atoms with Gasteiger partial charge in [0.05, 0.1) is 5.69 Å². The van der Waals surface area contributed by atoms with Crippen LogP contribution in [0, 0.1) is 12.7 Å². The maximum atomic E-state index is 13.6. The Morgan fingerprint density at radius 3 is 2.78 bits per heavy atom. The van der Waals surface area contributed by atoms with Gasteiger partial charge in [0.2, 0.25) is 0 Å². The van der Waals surface area contributed by atoms with Crippen molar-refractivity contribution in [1.82, 2.24) is 14.6 Å². The monoisotopic (exact) mass is 313 g/mol. The number of aryl methyl sites for hydroxylation is 2. The Kier molecular flexibility index (Phi) is 3.82. The zero-order valence-electron chi connectivity index (χ0n) is 12.9. The molecule has 3 rings (SSSR count). The molecule has 2 heterocycles. The molecule has 0 aliphatic rings. The van der Waals surface area contributed by atoms with E-state index in [1.54, 1.807) is 22.7 Å². The fourth-order valence-corrected chi connectivity index (χ4v) is 2.71. The van der Waals surface area contributed by atoms with Crippen molar-refractivity contribution >= 4 is 11.6 Å². The van der Waals surface area contributed by atoms with Crippen molar-refractivity contribution in [3.63, 3.8) is 0 Å². The molecule has 3 aromatic rings. The van der Waals surface area contributed by atoms with Gasteiger partial charge < -0.3 is 5.11 Å². The number of carbonyl (C=O) groups is 1. The second-order valence-electron chi connectivity index (χ2n) is 5.39. The summed E-state index contributed by atoms with van der Waals surface area (Å²) in [4.78, 5) is 15.6. The van der Waals surface area contributed by atoms with Gasteiger partial charge >= 0.3 is 5.97 Å². The molecular formula is C17H16FN3O2. The third kappa shape index (κ3) is 2.67. The van der Waals surface area contributed by atoms with E-state index in [2.05, 4.69) is 10.1 Å². The fourth-order valence-electron chi connectivity index (χ4n) is 2.71. The summed E-state index contributed by atoms with van der Waals surface area (Å²) in [6.07, 6.45) is 1.54. The summed E-state index contributed by atoms with van der Waals surface area (Å²) >= 11 is 0. The van der Waals surface area contributed by atoms with Crippen LogP contribution >= 0.6 is 0 Å². The Labute approximate surface area is 132 Å². The van der Waals surface area contributed by atoms with E-state index >= 15 is 0 Å². The molecule has 0 radical (unpaired) electrons. The highest BCUT2D eigenvalue weighted by molar-refractivity contribution is 5.88. The van der Waals surface area contributed by atoms with Crippen LogP contribution in [0.25, 0.3) is 16.8 Å². The Hall–Kier alpha value is -2.76. The van der Waals surface area contributed by atoms with Crippen LogP contribution in [-0.4, -0.2) is 25.7 Å². The Morgan fingerprint density at radius 1 is 1.35 bits per heavy atom. The topological polar surface area (TPSA) is 67.5 Å². The molecule has 0 saturated heterocycles. The van der Waals surface area contributed by atoms with E-state index in [-0.39, 0.29) is 11.5 Å². The Balaban J connectivity index is 2.34. The van der Waals surface area contributed by atoms with Crippen molar-refractivity contribution in [2.24, 2.45) is 0 Å². The van der Waals surface area contributed by atoms with Crippen molar-refractivity contribution in [1.29, 1.82) is 0 Å². The minimum absolute atomic E-state index is 0.0292. The minimum atomic E-state index is -1.09. The van der Waals surface area contributed by atoms with Crippen LogP contribution in [0.5, 0.6) is 0 Å². The highest BCUT2D eigenvalue weighted by atomic mass is 19.1. The maximum Gasteiger partial charge on any atom is 0.354 e. The number of carboxylic acids is 1. The molecule has 0 bridgehead atoms. The number of carboxylic acid groups (broad SMARTS) is 1. The standard InChI is InChI=1S/C17H16FN3O2/c1-3-5-13-9-14(17(22)23)19-16-15(10(2)20-21(13)16)11-6-4-7-12(18)8-11/h4,6-9H,3,5H2,1-2H3,(H,22,23). The Bertz CT molecular complexity index is 902. The maximum absolute atomic E-state index is 13.6. The van der Waals surface area contributed by atoms with Crippen molar-refractivity contribution < 1.29 is 14.3 Å². The first-order valence-electron chi connectivity index (χ1n) is 7.39. The van der Waals surface area contributed by atoms with Gasteiger partial charge in [0.25, 0.3) is 0 Å². The highest BCUT2D eigenvalue weighted by Gasteiger charge is 2.18. The number of halogens is 1. The average Bonchev–Trinajstić information content (AvgIpc) is 2.83. The summed E-state index contributed by atoms with van der Waals surface area (Å²) in [5.74, 6) is -1.45. The van der Waals surface area contributed by atoms with Gasteiger partial charge in [-0.15, -0.1) is 0 Å². The largest absolute Gasteiger partial charge is 0.477 e. The molecule has 23 heavy (non-hydrogen) atoms. The smallest absolute Gasteiger partial charge is 0.354 e. The lowest BCUT2D eigenvalue weighted by molar-refractivity contribution is 0.0690. The van der Waals surface area contributed by atoms with Gasteiger partial charge in [-0.3, -0.25) is 0 Å². The molecule has 0 fully saturated rings. The molecule has 0 saturated carbocycles. The second-order valence-corrected chi connectivity index (χ2v) is 5.39. The summed E-state index contributed by atoms with van der Waals surface area (Å²) < 4.78 is 15.2. The van der Waals surface area contributed by atoms with E-state index in [1.807, 2.05) is 13.8 Å². The average molecular weight is 313 g/mol. The van der Waals surface area contributed by atoms with Gasteiger partial charge in [-0.1, -0.05) is 25.5 Å². The molecule has 5 nitrogen and oxygen atoms in total. The first kappa shape index (κ1) is 15.1. The molecule has 118 valence electrons. The van der Waals surface area contributed by atoms with Gasteiger partial charge in [0.15, 0.2) is 11.3 Å².